The molecule has 2 aromatic heterocycles. The van der Waals surface area contributed by atoms with Crippen LogP contribution in [0.4, 0.5) is 5.69 Å². The van der Waals surface area contributed by atoms with Crippen LogP contribution in [0.1, 0.15) is 23.0 Å². The van der Waals surface area contributed by atoms with Gasteiger partial charge in [0.2, 0.25) is 0 Å². The summed E-state index contributed by atoms with van der Waals surface area (Å²) in [6, 6.07) is 13.9. The number of anilines is 1. The van der Waals surface area contributed by atoms with Gasteiger partial charge in [0.25, 0.3) is 5.91 Å². The minimum Gasteiger partial charge on any atom is -0.370 e. The highest BCUT2D eigenvalue weighted by Gasteiger charge is 2.11. The van der Waals surface area contributed by atoms with Crippen molar-refractivity contribution < 1.29 is 4.79 Å². The second-order valence-corrected chi connectivity index (χ2v) is 6.08. The number of carbonyl (C=O) groups excluding carboxylic acids is 1. The van der Waals surface area contributed by atoms with Gasteiger partial charge in [0.05, 0.1) is 5.69 Å². The lowest BCUT2D eigenvalue weighted by Crippen LogP contribution is -2.35. The van der Waals surface area contributed by atoms with E-state index in [4.69, 9.17) is 0 Å². The SMILES string of the molecule is CCN(CCNC(=O)c1cc(-c2cccnc2)n[nH]1)c1cccc(C)c1. The summed E-state index contributed by atoms with van der Waals surface area (Å²) < 4.78 is 0. The van der Waals surface area contributed by atoms with Gasteiger partial charge in [-0.2, -0.15) is 5.10 Å². The molecular weight excluding hydrogens is 326 g/mol. The summed E-state index contributed by atoms with van der Waals surface area (Å²) >= 11 is 0. The highest BCUT2D eigenvalue weighted by molar-refractivity contribution is 5.93. The maximum absolute atomic E-state index is 12.3. The molecule has 3 rings (SSSR count). The average Bonchev–Trinajstić information content (AvgIpc) is 3.16. The monoisotopic (exact) mass is 349 g/mol. The van der Waals surface area contributed by atoms with Crippen molar-refractivity contribution >= 4 is 11.6 Å². The zero-order chi connectivity index (χ0) is 18.4. The zero-order valence-corrected chi connectivity index (χ0v) is 15.1. The number of H-pyrrole nitrogens is 1. The third-order valence-electron chi connectivity index (χ3n) is 4.20. The topological polar surface area (TPSA) is 73.9 Å². The smallest absolute Gasteiger partial charge is 0.269 e. The second kappa shape index (κ2) is 8.29. The van der Waals surface area contributed by atoms with Gasteiger partial charge in [0, 0.05) is 43.3 Å². The van der Waals surface area contributed by atoms with Crippen molar-refractivity contribution in [1.82, 2.24) is 20.5 Å². The lowest BCUT2D eigenvalue weighted by Gasteiger charge is -2.23. The fourth-order valence-corrected chi connectivity index (χ4v) is 2.79. The molecule has 0 fully saturated rings. The number of hydrogen-bond donors (Lipinski definition) is 2. The van der Waals surface area contributed by atoms with Crippen molar-refractivity contribution in [2.45, 2.75) is 13.8 Å². The van der Waals surface area contributed by atoms with E-state index in [1.807, 2.05) is 12.1 Å². The lowest BCUT2D eigenvalue weighted by atomic mass is 10.2. The number of rotatable bonds is 7. The second-order valence-electron chi connectivity index (χ2n) is 6.08. The summed E-state index contributed by atoms with van der Waals surface area (Å²) in [6.45, 7) is 6.38. The number of nitrogens with zero attached hydrogens (tertiary/aromatic N) is 3. The molecule has 3 aromatic rings. The Labute approximate surface area is 153 Å². The van der Waals surface area contributed by atoms with Crippen molar-refractivity contribution in [3.63, 3.8) is 0 Å². The van der Waals surface area contributed by atoms with Crippen LogP contribution in [0, 0.1) is 6.92 Å². The third kappa shape index (κ3) is 4.27. The first-order valence-corrected chi connectivity index (χ1v) is 8.73. The molecule has 2 N–H and O–H groups in total. The molecule has 0 aliphatic carbocycles. The Morgan fingerprint density at radius 1 is 1.23 bits per heavy atom. The highest BCUT2D eigenvalue weighted by atomic mass is 16.1. The maximum atomic E-state index is 12.3. The molecule has 0 saturated heterocycles. The molecule has 0 aliphatic rings. The Morgan fingerprint density at radius 2 is 2.12 bits per heavy atom. The molecule has 0 unspecified atom stereocenters. The van der Waals surface area contributed by atoms with Crippen LogP contribution in [0.25, 0.3) is 11.3 Å². The molecule has 6 nitrogen and oxygen atoms in total. The molecule has 6 heteroatoms. The number of aromatic amines is 1. The maximum Gasteiger partial charge on any atom is 0.269 e. The summed E-state index contributed by atoms with van der Waals surface area (Å²) in [5.74, 6) is -0.159. The predicted octanol–water partition coefficient (Wildman–Crippen LogP) is 3.04. The third-order valence-corrected chi connectivity index (χ3v) is 4.20. The van der Waals surface area contributed by atoms with E-state index in [-0.39, 0.29) is 5.91 Å². The first-order valence-electron chi connectivity index (χ1n) is 8.73. The number of nitrogens with one attached hydrogen (secondary N) is 2. The molecule has 0 bridgehead atoms. The molecule has 0 atom stereocenters. The van der Waals surface area contributed by atoms with Crippen molar-refractivity contribution in [3.8, 4) is 11.3 Å². The van der Waals surface area contributed by atoms with E-state index in [1.54, 1.807) is 18.5 Å². The van der Waals surface area contributed by atoms with Crippen LogP contribution in [-0.4, -0.2) is 40.7 Å². The standard InChI is InChI=1S/C20H23N5O/c1-3-25(17-8-4-6-15(2)12-17)11-10-22-20(26)19-13-18(23-24-19)16-7-5-9-21-14-16/h4-9,12-14H,3,10-11H2,1-2H3,(H,22,26)(H,23,24). The van der Waals surface area contributed by atoms with Gasteiger partial charge >= 0.3 is 0 Å². The first kappa shape index (κ1) is 17.7. The molecular formula is C20H23N5O. The van der Waals surface area contributed by atoms with Crippen LogP contribution in [0.2, 0.25) is 0 Å². The number of aromatic nitrogens is 3. The number of amides is 1. The number of likely N-dealkylation sites (N-methyl/N-ethyl adjacent to an activating group) is 1. The van der Waals surface area contributed by atoms with Crippen LogP contribution in [0.15, 0.2) is 54.9 Å². The molecule has 0 aliphatic heterocycles. The molecule has 26 heavy (non-hydrogen) atoms. The molecule has 2 heterocycles. The Balaban J connectivity index is 1.56. The van der Waals surface area contributed by atoms with Crippen molar-refractivity contribution in [3.05, 3.63) is 66.1 Å². The fraction of sp³-hybridized carbons (Fsp3) is 0.250. The van der Waals surface area contributed by atoms with Crippen molar-refractivity contribution in [1.29, 1.82) is 0 Å². The summed E-state index contributed by atoms with van der Waals surface area (Å²) in [5.41, 5.74) is 4.42. The summed E-state index contributed by atoms with van der Waals surface area (Å²) in [4.78, 5) is 18.6. The minimum atomic E-state index is -0.159. The number of pyridine rings is 1. The van der Waals surface area contributed by atoms with Crippen LogP contribution in [0.3, 0.4) is 0 Å². The quantitative estimate of drug-likeness (QED) is 0.688. The van der Waals surface area contributed by atoms with E-state index < -0.39 is 0 Å². The average molecular weight is 349 g/mol. The zero-order valence-electron chi connectivity index (χ0n) is 15.1. The first-order chi connectivity index (χ1) is 12.7. The van der Waals surface area contributed by atoms with Crippen molar-refractivity contribution in [2.75, 3.05) is 24.5 Å². The molecule has 0 radical (unpaired) electrons. The minimum absolute atomic E-state index is 0.159. The van der Waals surface area contributed by atoms with E-state index in [0.717, 1.165) is 18.7 Å². The van der Waals surface area contributed by atoms with Gasteiger partial charge in [0.1, 0.15) is 5.69 Å². The number of aryl methyl sites for hydroxylation is 1. The van der Waals surface area contributed by atoms with Gasteiger partial charge in [-0.15, -0.1) is 0 Å². The number of benzene rings is 1. The summed E-state index contributed by atoms with van der Waals surface area (Å²) in [5, 5.41) is 9.93. The Hall–Kier alpha value is -3.15. The van der Waals surface area contributed by atoms with Gasteiger partial charge in [-0.1, -0.05) is 12.1 Å². The van der Waals surface area contributed by atoms with Crippen molar-refractivity contribution in [2.24, 2.45) is 0 Å². The van der Waals surface area contributed by atoms with Crippen LogP contribution in [-0.2, 0) is 0 Å². The van der Waals surface area contributed by atoms with E-state index in [2.05, 4.69) is 63.5 Å². The van der Waals surface area contributed by atoms with E-state index >= 15 is 0 Å². The fourth-order valence-electron chi connectivity index (χ4n) is 2.79. The van der Waals surface area contributed by atoms with Gasteiger partial charge in [-0.25, -0.2) is 0 Å². The lowest BCUT2D eigenvalue weighted by molar-refractivity contribution is 0.0949. The van der Waals surface area contributed by atoms with Gasteiger partial charge in [-0.05, 0) is 49.7 Å². The molecule has 134 valence electrons. The van der Waals surface area contributed by atoms with Gasteiger partial charge < -0.3 is 10.2 Å². The van der Waals surface area contributed by atoms with Crippen LogP contribution < -0.4 is 10.2 Å². The van der Waals surface area contributed by atoms with E-state index in [0.29, 0.717) is 17.9 Å². The van der Waals surface area contributed by atoms with Crippen LogP contribution >= 0.6 is 0 Å². The Bertz CT molecular complexity index is 859. The molecule has 0 saturated carbocycles. The highest BCUT2D eigenvalue weighted by Crippen LogP contribution is 2.16. The molecule has 1 amide bonds. The number of carbonyl (C=O) groups is 1. The Morgan fingerprint density at radius 3 is 2.85 bits per heavy atom. The summed E-state index contributed by atoms with van der Waals surface area (Å²) in [6.07, 6.45) is 3.43. The number of hydrogen-bond acceptors (Lipinski definition) is 4. The van der Waals surface area contributed by atoms with Gasteiger partial charge in [-0.3, -0.25) is 14.9 Å². The van der Waals surface area contributed by atoms with E-state index in [1.165, 1.54) is 11.3 Å². The molecule has 1 aromatic carbocycles. The molecule has 0 spiro atoms. The summed E-state index contributed by atoms with van der Waals surface area (Å²) in [7, 11) is 0. The predicted molar refractivity (Wildman–Crippen MR) is 103 cm³/mol. The largest absolute Gasteiger partial charge is 0.370 e. The van der Waals surface area contributed by atoms with Gasteiger partial charge in [0.15, 0.2) is 0 Å². The normalized spacial score (nSPS) is 10.5. The van der Waals surface area contributed by atoms with Crippen LogP contribution in [0.5, 0.6) is 0 Å². The van der Waals surface area contributed by atoms with E-state index in [9.17, 15) is 4.79 Å². The Kier molecular flexibility index (Phi) is 5.63.